The molecule has 0 spiro atoms. The Kier molecular flexibility index (Phi) is 5.17. The molecule has 6 nitrogen and oxygen atoms in total. The number of carboxylic acids is 1. The number of hydrogen-bond acceptors (Lipinski definition) is 4. The van der Waals surface area contributed by atoms with Crippen LogP contribution >= 0.6 is 0 Å². The van der Waals surface area contributed by atoms with Crippen LogP contribution in [0.4, 0.5) is 4.39 Å². The van der Waals surface area contributed by atoms with E-state index in [0.29, 0.717) is 33.5 Å². The van der Waals surface area contributed by atoms with E-state index in [4.69, 9.17) is 4.52 Å². The molecule has 0 bridgehead atoms. The summed E-state index contributed by atoms with van der Waals surface area (Å²) in [7, 11) is 0. The number of aromatic nitrogens is 2. The maximum absolute atomic E-state index is 13.8. The number of aryl methyl sites for hydroxylation is 1. The normalized spacial score (nSPS) is 12.2. The lowest BCUT2D eigenvalue weighted by Gasteiger charge is -2.17. The van der Waals surface area contributed by atoms with Gasteiger partial charge in [-0.15, -0.1) is 0 Å². The Morgan fingerprint density at radius 2 is 1.79 bits per heavy atom. The summed E-state index contributed by atoms with van der Waals surface area (Å²) in [5, 5.41) is 25.1. The van der Waals surface area contributed by atoms with Crippen molar-refractivity contribution in [2.24, 2.45) is 0 Å². The first-order chi connectivity index (χ1) is 16.3. The number of nitrogens with zero attached hydrogens (tertiary/aromatic N) is 2. The number of benzene rings is 3. The number of aromatic carboxylic acids is 1. The highest BCUT2D eigenvalue weighted by molar-refractivity contribution is 6.04. The van der Waals surface area contributed by atoms with E-state index in [0.717, 1.165) is 11.4 Å². The second-order valence-corrected chi connectivity index (χ2v) is 8.22. The van der Waals surface area contributed by atoms with Crippen molar-refractivity contribution in [3.63, 3.8) is 0 Å². The summed E-state index contributed by atoms with van der Waals surface area (Å²) < 4.78 is 21.3. The number of phenolic OH excluding ortho intramolecular Hbond substituents is 1. The Labute approximate surface area is 194 Å². The Bertz CT molecular complexity index is 1530. The average molecular weight is 456 g/mol. The minimum atomic E-state index is -1.05. The Hall–Kier alpha value is -4.39. The van der Waals surface area contributed by atoms with Gasteiger partial charge in [0.2, 0.25) is 0 Å². The molecule has 0 amide bonds. The smallest absolute Gasteiger partial charge is 0.335 e. The number of carboxylic acid groups (broad SMARTS) is 1. The van der Waals surface area contributed by atoms with Crippen LogP contribution in [0.1, 0.15) is 40.3 Å². The third-order valence-electron chi connectivity index (χ3n) is 5.97. The number of phenols is 1. The molecule has 2 heterocycles. The van der Waals surface area contributed by atoms with E-state index in [1.54, 1.807) is 36.4 Å². The number of aromatic hydroxyl groups is 1. The van der Waals surface area contributed by atoms with E-state index in [2.05, 4.69) is 5.16 Å². The molecule has 0 aliphatic heterocycles. The van der Waals surface area contributed by atoms with Gasteiger partial charge in [-0.1, -0.05) is 23.4 Å². The molecule has 2 aromatic heterocycles. The molecule has 1 unspecified atom stereocenters. The van der Waals surface area contributed by atoms with E-state index < -0.39 is 5.97 Å². The fraction of sp³-hybridized carbons (Fsp3) is 0.111. The van der Waals surface area contributed by atoms with Gasteiger partial charge in [0.1, 0.15) is 17.3 Å². The summed E-state index contributed by atoms with van der Waals surface area (Å²) >= 11 is 0. The van der Waals surface area contributed by atoms with Crippen LogP contribution in [0.25, 0.3) is 27.7 Å². The zero-order valence-electron chi connectivity index (χ0n) is 18.5. The number of hydrogen-bond donors (Lipinski definition) is 2. The first-order valence-corrected chi connectivity index (χ1v) is 10.7. The summed E-state index contributed by atoms with van der Waals surface area (Å²) in [6, 6.07) is 19.7. The van der Waals surface area contributed by atoms with Gasteiger partial charge in [0.15, 0.2) is 0 Å². The molecule has 34 heavy (non-hydrogen) atoms. The van der Waals surface area contributed by atoms with Gasteiger partial charge in [-0.25, -0.2) is 9.18 Å². The lowest BCUT2D eigenvalue weighted by atomic mass is 9.93. The molecule has 1 atom stereocenters. The van der Waals surface area contributed by atoms with Crippen molar-refractivity contribution in [2.75, 3.05) is 0 Å². The quantitative estimate of drug-likeness (QED) is 0.325. The predicted molar refractivity (Wildman–Crippen MR) is 126 cm³/mol. The molecular formula is C27H21FN2O4. The topological polar surface area (TPSA) is 88.5 Å². The van der Waals surface area contributed by atoms with Crippen LogP contribution in [0.5, 0.6) is 5.75 Å². The van der Waals surface area contributed by atoms with E-state index in [9.17, 15) is 19.4 Å². The van der Waals surface area contributed by atoms with Gasteiger partial charge in [-0.05, 0) is 67.9 Å². The second-order valence-electron chi connectivity index (χ2n) is 8.22. The maximum atomic E-state index is 13.8. The monoisotopic (exact) mass is 456 g/mol. The molecule has 0 saturated heterocycles. The summed E-state index contributed by atoms with van der Waals surface area (Å²) in [6.45, 7) is 3.79. The van der Waals surface area contributed by atoms with Crippen molar-refractivity contribution in [1.29, 1.82) is 0 Å². The molecule has 0 aliphatic rings. The Morgan fingerprint density at radius 1 is 1.06 bits per heavy atom. The fourth-order valence-corrected chi connectivity index (χ4v) is 4.44. The van der Waals surface area contributed by atoms with Gasteiger partial charge in [0.25, 0.3) is 0 Å². The Balaban J connectivity index is 1.92. The van der Waals surface area contributed by atoms with Gasteiger partial charge < -0.3 is 19.3 Å². The lowest BCUT2D eigenvalue weighted by Crippen LogP contribution is -2.06. The molecule has 0 aliphatic carbocycles. The van der Waals surface area contributed by atoms with Crippen LogP contribution in [0, 0.1) is 12.7 Å². The molecule has 7 heteroatoms. The van der Waals surface area contributed by atoms with Crippen molar-refractivity contribution < 1.29 is 23.9 Å². The van der Waals surface area contributed by atoms with E-state index in [-0.39, 0.29) is 23.0 Å². The minimum absolute atomic E-state index is 0.0521. The molecule has 2 N–H and O–H groups in total. The zero-order chi connectivity index (χ0) is 24.0. The summed E-state index contributed by atoms with van der Waals surface area (Å²) in [5.41, 5.74) is 4.29. The largest absolute Gasteiger partial charge is 0.507 e. The van der Waals surface area contributed by atoms with Gasteiger partial charge in [-0.3, -0.25) is 0 Å². The lowest BCUT2D eigenvalue weighted by molar-refractivity contribution is 0.0697. The zero-order valence-corrected chi connectivity index (χ0v) is 18.5. The van der Waals surface area contributed by atoms with E-state index in [1.807, 2.05) is 36.6 Å². The van der Waals surface area contributed by atoms with Crippen molar-refractivity contribution in [2.45, 2.75) is 19.8 Å². The van der Waals surface area contributed by atoms with Crippen LogP contribution in [0.2, 0.25) is 0 Å². The summed E-state index contributed by atoms with van der Waals surface area (Å²) in [4.78, 5) is 11.7. The number of halogens is 1. The molecule has 5 rings (SSSR count). The standard InChI is InChI=1S/C27H21FN2O4/c1-15-13-23(34-29-15)16(2)26-24(17-5-3-6-18(14-17)27(32)33)25-21(7-4-8-22(25)31)30(26)20-11-9-19(28)10-12-20/h3-14,16,31H,1-2H3,(H,32,33). The minimum Gasteiger partial charge on any atom is -0.507 e. The second kappa shape index (κ2) is 8.19. The third kappa shape index (κ3) is 3.51. The first kappa shape index (κ1) is 21.5. The van der Waals surface area contributed by atoms with Crippen molar-refractivity contribution >= 4 is 16.9 Å². The highest BCUT2D eigenvalue weighted by Crippen LogP contribution is 2.45. The van der Waals surface area contributed by atoms with Gasteiger partial charge in [-0.2, -0.15) is 0 Å². The number of carbonyl (C=O) groups is 1. The molecular weight excluding hydrogens is 435 g/mol. The van der Waals surface area contributed by atoms with Crippen LogP contribution in [-0.4, -0.2) is 25.9 Å². The fourth-order valence-electron chi connectivity index (χ4n) is 4.44. The van der Waals surface area contributed by atoms with Gasteiger partial charge in [0.05, 0.1) is 22.7 Å². The number of fused-ring (bicyclic) bond motifs is 1. The first-order valence-electron chi connectivity index (χ1n) is 10.7. The average Bonchev–Trinajstić information content (AvgIpc) is 3.41. The van der Waals surface area contributed by atoms with Crippen LogP contribution < -0.4 is 0 Å². The van der Waals surface area contributed by atoms with Crippen LogP contribution in [0.3, 0.4) is 0 Å². The molecule has 0 radical (unpaired) electrons. The van der Waals surface area contributed by atoms with Gasteiger partial charge >= 0.3 is 5.97 Å². The van der Waals surface area contributed by atoms with Crippen LogP contribution in [0.15, 0.2) is 77.3 Å². The van der Waals surface area contributed by atoms with E-state index in [1.165, 1.54) is 18.2 Å². The maximum Gasteiger partial charge on any atom is 0.335 e. The molecule has 0 saturated carbocycles. The molecule has 170 valence electrons. The van der Waals surface area contributed by atoms with Crippen molar-refractivity contribution in [3.8, 4) is 22.6 Å². The predicted octanol–water partition coefficient (Wildman–Crippen LogP) is 6.29. The molecule has 3 aromatic carbocycles. The number of rotatable bonds is 5. The highest BCUT2D eigenvalue weighted by Gasteiger charge is 2.28. The van der Waals surface area contributed by atoms with Crippen molar-refractivity contribution in [1.82, 2.24) is 9.72 Å². The molecule has 5 aromatic rings. The Morgan fingerprint density at radius 3 is 2.47 bits per heavy atom. The van der Waals surface area contributed by atoms with E-state index >= 15 is 0 Å². The molecule has 0 fully saturated rings. The van der Waals surface area contributed by atoms with Crippen molar-refractivity contribution in [3.05, 3.63) is 101 Å². The summed E-state index contributed by atoms with van der Waals surface area (Å²) in [6.07, 6.45) is 0. The van der Waals surface area contributed by atoms with Gasteiger partial charge in [0, 0.05) is 28.4 Å². The van der Waals surface area contributed by atoms with Crippen LogP contribution in [-0.2, 0) is 0 Å². The highest BCUT2D eigenvalue weighted by atomic mass is 19.1. The summed E-state index contributed by atoms with van der Waals surface area (Å²) in [5.74, 6) is -1.08. The third-order valence-corrected chi connectivity index (χ3v) is 5.97. The SMILES string of the molecule is Cc1cc(C(C)c2c(-c3cccc(C(=O)O)c3)c3c(O)cccc3n2-c2ccc(F)cc2)on1.